The fourth-order valence-electron chi connectivity index (χ4n) is 3.52. The van der Waals surface area contributed by atoms with E-state index in [9.17, 15) is 4.79 Å². The average molecular weight is 393 g/mol. The second-order valence-corrected chi connectivity index (χ2v) is 7.79. The standard InChI is InChI=1S/C23H28N4O2/c1-15-11-20-18(16(2)13-23(3,4)27(20)5)12-17(15)14-24-26-22(28)25-19-9-7-8-10-21(19)29-6/h7-14H,1-6H3,(H2,25,26,28)/b24-14+. The molecular formula is C23H28N4O2. The molecule has 3 rings (SSSR count). The van der Waals surface area contributed by atoms with Crippen LogP contribution in [0.2, 0.25) is 0 Å². The van der Waals surface area contributed by atoms with Gasteiger partial charge in [-0.1, -0.05) is 18.2 Å². The lowest BCUT2D eigenvalue weighted by atomic mass is 9.87. The molecule has 0 fully saturated rings. The number of amides is 2. The van der Waals surface area contributed by atoms with Crippen molar-refractivity contribution in [2.24, 2.45) is 5.10 Å². The minimum Gasteiger partial charge on any atom is -0.495 e. The summed E-state index contributed by atoms with van der Waals surface area (Å²) in [5, 5.41) is 6.84. The number of carbonyl (C=O) groups is 1. The number of rotatable bonds is 4. The van der Waals surface area contributed by atoms with Crippen molar-refractivity contribution in [2.45, 2.75) is 33.2 Å². The Balaban J connectivity index is 1.75. The number of urea groups is 1. The van der Waals surface area contributed by atoms with Crippen molar-refractivity contribution in [3.63, 3.8) is 0 Å². The molecule has 0 spiro atoms. The summed E-state index contributed by atoms with van der Waals surface area (Å²) < 4.78 is 5.23. The number of hydrazone groups is 1. The van der Waals surface area contributed by atoms with Crippen molar-refractivity contribution in [3.05, 3.63) is 59.2 Å². The van der Waals surface area contributed by atoms with Crippen LogP contribution in [0.5, 0.6) is 5.75 Å². The zero-order valence-electron chi connectivity index (χ0n) is 17.8. The van der Waals surface area contributed by atoms with Crippen LogP contribution in [0, 0.1) is 6.92 Å². The van der Waals surface area contributed by atoms with E-state index in [2.05, 4.69) is 66.8 Å². The van der Waals surface area contributed by atoms with E-state index in [1.54, 1.807) is 25.5 Å². The molecule has 0 unspecified atom stereocenters. The number of nitrogens with zero attached hydrogens (tertiary/aromatic N) is 2. The highest BCUT2D eigenvalue weighted by Gasteiger charge is 2.28. The van der Waals surface area contributed by atoms with Gasteiger partial charge in [-0.25, -0.2) is 10.2 Å². The summed E-state index contributed by atoms with van der Waals surface area (Å²) in [4.78, 5) is 14.4. The van der Waals surface area contributed by atoms with E-state index in [4.69, 9.17) is 4.74 Å². The first-order valence-corrected chi connectivity index (χ1v) is 9.54. The molecule has 0 saturated heterocycles. The summed E-state index contributed by atoms with van der Waals surface area (Å²) in [5.74, 6) is 0.589. The number of hydrogen-bond acceptors (Lipinski definition) is 4. The lowest BCUT2D eigenvalue weighted by molar-refractivity contribution is 0.252. The molecular weight excluding hydrogens is 364 g/mol. The predicted molar refractivity (Wildman–Crippen MR) is 120 cm³/mol. The van der Waals surface area contributed by atoms with Gasteiger partial charge >= 0.3 is 6.03 Å². The molecule has 2 aromatic rings. The third kappa shape index (κ3) is 4.26. The summed E-state index contributed by atoms with van der Waals surface area (Å²) in [6.45, 7) is 8.58. The Morgan fingerprint density at radius 2 is 1.93 bits per heavy atom. The zero-order chi connectivity index (χ0) is 21.2. The molecule has 0 aromatic heterocycles. The van der Waals surface area contributed by atoms with E-state index >= 15 is 0 Å². The van der Waals surface area contributed by atoms with E-state index in [1.165, 1.54) is 16.8 Å². The highest BCUT2D eigenvalue weighted by Crippen LogP contribution is 2.38. The van der Waals surface area contributed by atoms with Gasteiger partial charge in [0.25, 0.3) is 0 Å². The fraction of sp³-hybridized carbons (Fsp3) is 0.304. The van der Waals surface area contributed by atoms with E-state index in [1.807, 2.05) is 19.1 Å². The number of benzene rings is 2. The van der Waals surface area contributed by atoms with Gasteiger partial charge in [0, 0.05) is 18.3 Å². The van der Waals surface area contributed by atoms with Crippen molar-refractivity contribution < 1.29 is 9.53 Å². The smallest absolute Gasteiger partial charge is 0.339 e. The highest BCUT2D eigenvalue weighted by molar-refractivity contribution is 5.93. The maximum Gasteiger partial charge on any atom is 0.339 e. The van der Waals surface area contributed by atoms with Crippen molar-refractivity contribution in [2.75, 3.05) is 24.4 Å². The molecule has 1 aliphatic rings. The number of ether oxygens (including phenoxy) is 1. The van der Waals surface area contributed by atoms with Gasteiger partial charge in [-0.3, -0.25) is 0 Å². The fourth-order valence-corrected chi connectivity index (χ4v) is 3.52. The van der Waals surface area contributed by atoms with E-state index in [0.29, 0.717) is 11.4 Å². The van der Waals surface area contributed by atoms with E-state index in [0.717, 1.165) is 11.1 Å². The summed E-state index contributed by atoms with van der Waals surface area (Å²) >= 11 is 0. The maximum atomic E-state index is 12.1. The van der Waals surface area contributed by atoms with Gasteiger partial charge < -0.3 is 15.0 Å². The van der Waals surface area contributed by atoms with Gasteiger partial charge in [-0.05, 0) is 68.7 Å². The maximum absolute atomic E-state index is 12.1. The third-order valence-corrected chi connectivity index (χ3v) is 5.33. The first kappa shape index (κ1) is 20.5. The molecule has 1 aliphatic heterocycles. The minimum atomic E-state index is -0.432. The van der Waals surface area contributed by atoms with Gasteiger partial charge in [-0.2, -0.15) is 5.10 Å². The molecule has 6 heteroatoms. The number of hydrogen-bond donors (Lipinski definition) is 2. The number of para-hydroxylation sites is 2. The van der Waals surface area contributed by atoms with Crippen LogP contribution < -0.4 is 20.4 Å². The molecule has 29 heavy (non-hydrogen) atoms. The van der Waals surface area contributed by atoms with Gasteiger partial charge in [0.05, 0.1) is 24.6 Å². The molecule has 0 saturated carbocycles. The SMILES string of the molecule is COc1ccccc1NC(=O)N/N=C/c1cc2c(cc1C)N(C)C(C)(C)C=C2C. The molecule has 0 radical (unpaired) electrons. The molecule has 152 valence electrons. The number of anilines is 2. The number of aryl methyl sites for hydroxylation is 1. The second kappa shape index (κ2) is 7.99. The first-order valence-electron chi connectivity index (χ1n) is 9.54. The Bertz CT molecular complexity index is 992. The van der Waals surface area contributed by atoms with Crippen LogP contribution in [-0.4, -0.2) is 31.9 Å². The third-order valence-electron chi connectivity index (χ3n) is 5.33. The normalized spacial score (nSPS) is 15.0. The molecule has 1 heterocycles. The van der Waals surface area contributed by atoms with Crippen LogP contribution in [0.4, 0.5) is 16.2 Å². The molecule has 2 amide bonds. The van der Waals surface area contributed by atoms with Gasteiger partial charge in [0.15, 0.2) is 0 Å². The van der Waals surface area contributed by atoms with Gasteiger partial charge in [0.1, 0.15) is 5.75 Å². The molecule has 0 bridgehead atoms. The number of allylic oxidation sites excluding steroid dienone is 1. The van der Waals surface area contributed by atoms with Crippen molar-refractivity contribution in [3.8, 4) is 5.75 Å². The van der Waals surface area contributed by atoms with Gasteiger partial charge in [0.2, 0.25) is 0 Å². The highest BCUT2D eigenvalue weighted by atomic mass is 16.5. The lowest BCUT2D eigenvalue weighted by Crippen LogP contribution is -2.42. The Morgan fingerprint density at radius 1 is 1.21 bits per heavy atom. The summed E-state index contributed by atoms with van der Waals surface area (Å²) in [7, 11) is 3.67. The quantitative estimate of drug-likeness (QED) is 0.581. The topological polar surface area (TPSA) is 66.0 Å². The molecule has 0 atom stereocenters. The van der Waals surface area contributed by atoms with Crippen molar-refractivity contribution in [1.29, 1.82) is 0 Å². The predicted octanol–water partition coefficient (Wildman–Crippen LogP) is 4.79. The number of likely N-dealkylation sites (N-methyl/N-ethyl adjacent to an activating group) is 1. The van der Waals surface area contributed by atoms with Crippen LogP contribution >= 0.6 is 0 Å². The van der Waals surface area contributed by atoms with E-state index < -0.39 is 6.03 Å². The Kier molecular flexibility index (Phi) is 5.64. The number of methoxy groups -OCH3 is 1. The molecule has 2 aromatic carbocycles. The molecule has 6 nitrogen and oxygen atoms in total. The largest absolute Gasteiger partial charge is 0.495 e. The summed E-state index contributed by atoms with van der Waals surface area (Å²) in [6.07, 6.45) is 3.94. The van der Waals surface area contributed by atoms with Gasteiger partial charge in [-0.15, -0.1) is 0 Å². The lowest BCUT2D eigenvalue weighted by Gasteiger charge is -2.41. The van der Waals surface area contributed by atoms with E-state index in [-0.39, 0.29) is 5.54 Å². The minimum absolute atomic E-state index is 0.0305. The van der Waals surface area contributed by atoms with Crippen LogP contribution in [-0.2, 0) is 0 Å². The van der Waals surface area contributed by atoms with Crippen LogP contribution in [0.15, 0.2) is 47.6 Å². The summed E-state index contributed by atoms with van der Waals surface area (Å²) in [5.41, 5.74) is 8.73. The Morgan fingerprint density at radius 3 is 2.66 bits per heavy atom. The van der Waals surface area contributed by atoms with Crippen LogP contribution in [0.3, 0.4) is 0 Å². The van der Waals surface area contributed by atoms with Crippen LogP contribution in [0.1, 0.15) is 37.5 Å². The second-order valence-electron chi connectivity index (χ2n) is 7.79. The Labute approximate surface area is 172 Å². The average Bonchev–Trinajstić information content (AvgIpc) is 2.67. The monoisotopic (exact) mass is 392 g/mol. The molecule has 0 aliphatic carbocycles. The Hall–Kier alpha value is -3.28. The number of fused-ring (bicyclic) bond motifs is 1. The van der Waals surface area contributed by atoms with Crippen LogP contribution in [0.25, 0.3) is 5.57 Å². The molecule has 2 N–H and O–H groups in total. The number of carbonyl (C=O) groups excluding carboxylic acids is 1. The summed E-state index contributed by atoms with van der Waals surface area (Å²) in [6, 6.07) is 11.1. The van der Waals surface area contributed by atoms with Crippen molar-refractivity contribution >= 4 is 29.2 Å². The van der Waals surface area contributed by atoms with Crippen molar-refractivity contribution in [1.82, 2.24) is 5.43 Å². The number of nitrogens with one attached hydrogen (secondary N) is 2. The first-order chi connectivity index (χ1) is 13.7. The zero-order valence-corrected chi connectivity index (χ0v) is 17.8.